The summed E-state index contributed by atoms with van der Waals surface area (Å²) in [7, 11) is -3.64. The van der Waals surface area contributed by atoms with Crippen molar-refractivity contribution in [3.63, 3.8) is 0 Å². The fourth-order valence-electron chi connectivity index (χ4n) is 1.71. The smallest absolute Gasteiger partial charge is 0.332 e. The van der Waals surface area contributed by atoms with Gasteiger partial charge < -0.3 is 14.8 Å². The summed E-state index contributed by atoms with van der Waals surface area (Å²) >= 11 is 0. The quantitative estimate of drug-likeness (QED) is 0.654. The summed E-state index contributed by atoms with van der Waals surface area (Å²) < 4.78 is 31.0. The van der Waals surface area contributed by atoms with Crippen molar-refractivity contribution in [3.05, 3.63) is 12.5 Å². The van der Waals surface area contributed by atoms with Crippen LogP contribution in [-0.2, 0) is 19.6 Å². The molecule has 1 aliphatic heterocycles. The molecule has 0 saturated carbocycles. The highest BCUT2D eigenvalue weighted by Crippen LogP contribution is 2.19. The van der Waals surface area contributed by atoms with Gasteiger partial charge in [-0.15, -0.1) is 0 Å². The van der Waals surface area contributed by atoms with Gasteiger partial charge in [-0.1, -0.05) is 0 Å². The third-order valence-electron chi connectivity index (χ3n) is 2.65. The van der Waals surface area contributed by atoms with Gasteiger partial charge in [0.05, 0.1) is 18.6 Å². The SMILES string of the molecule is O=C(O)C1CCC(CNS(=O)(=O)c2cnc[nH]2)O1. The van der Waals surface area contributed by atoms with E-state index in [2.05, 4.69) is 14.7 Å². The Bertz CT molecular complexity index is 512. The normalized spacial score (nSPS) is 24.2. The number of nitrogens with one attached hydrogen (secondary N) is 2. The highest BCUT2D eigenvalue weighted by molar-refractivity contribution is 7.89. The number of H-pyrrole nitrogens is 1. The number of imidazole rings is 1. The first-order chi connectivity index (χ1) is 8.49. The minimum atomic E-state index is -3.64. The van der Waals surface area contributed by atoms with Gasteiger partial charge in [-0.05, 0) is 12.8 Å². The van der Waals surface area contributed by atoms with Crippen molar-refractivity contribution in [2.45, 2.75) is 30.1 Å². The Labute approximate surface area is 103 Å². The lowest BCUT2D eigenvalue weighted by Crippen LogP contribution is -2.33. The molecule has 0 spiro atoms. The minimum absolute atomic E-state index is 0.0321. The number of hydrogen-bond donors (Lipinski definition) is 3. The van der Waals surface area contributed by atoms with E-state index in [1.165, 1.54) is 12.5 Å². The van der Waals surface area contributed by atoms with Crippen molar-refractivity contribution in [1.82, 2.24) is 14.7 Å². The summed E-state index contributed by atoms with van der Waals surface area (Å²) in [4.78, 5) is 16.8. The number of aromatic amines is 1. The van der Waals surface area contributed by atoms with E-state index in [1.807, 2.05) is 0 Å². The van der Waals surface area contributed by atoms with Crippen LogP contribution in [0.15, 0.2) is 17.6 Å². The number of sulfonamides is 1. The van der Waals surface area contributed by atoms with E-state index in [0.29, 0.717) is 12.8 Å². The molecule has 1 aromatic heterocycles. The summed E-state index contributed by atoms with van der Waals surface area (Å²) in [5, 5.41) is 8.70. The van der Waals surface area contributed by atoms with Gasteiger partial charge in [-0.3, -0.25) is 0 Å². The van der Waals surface area contributed by atoms with Crippen molar-refractivity contribution in [2.75, 3.05) is 6.54 Å². The van der Waals surface area contributed by atoms with E-state index in [4.69, 9.17) is 9.84 Å². The Balaban J connectivity index is 1.88. The van der Waals surface area contributed by atoms with Crippen LogP contribution < -0.4 is 4.72 Å². The fraction of sp³-hybridized carbons (Fsp3) is 0.556. The Morgan fingerprint density at radius 2 is 2.39 bits per heavy atom. The van der Waals surface area contributed by atoms with E-state index in [9.17, 15) is 13.2 Å². The molecule has 100 valence electrons. The van der Waals surface area contributed by atoms with Crippen LogP contribution >= 0.6 is 0 Å². The van der Waals surface area contributed by atoms with Crippen molar-refractivity contribution < 1.29 is 23.1 Å². The number of carboxylic acid groups (broad SMARTS) is 1. The molecule has 1 aromatic rings. The van der Waals surface area contributed by atoms with Crippen LogP contribution in [-0.4, -0.2) is 48.2 Å². The Morgan fingerprint density at radius 1 is 1.61 bits per heavy atom. The molecule has 2 unspecified atom stereocenters. The molecule has 2 rings (SSSR count). The van der Waals surface area contributed by atoms with Gasteiger partial charge in [0.2, 0.25) is 0 Å². The van der Waals surface area contributed by atoms with E-state index >= 15 is 0 Å². The summed E-state index contributed by atoms with van der Waals surface area (Å²) in [5.41, 5.74) is 0. The lowest BCUT2D eigenvalue weighted by atomic mass is 10.2. The molecule has 1 aliphatic rings. The van der Waals surface area contributed by atoms with Crippen molar-refractivity contribution in [3.8, 4) is 0 Å². The Morgan fingerprint density at radius 3 is 2.94 bits per heavy atom. The summed E-state index contributed by atoms with van der Waals surface area (Å²) in [6.45, 7) is 0.0468. The fourth-order valence-corrected chi connectivity index (χ4v) is 2.68. The predicted octanol–water partition coefficient (Wildman–Crippen LogP) is -0.680. The predicted molar refractivity (Wildman–Crippen MR) is 59.3 cm³/mol. The Kier molecular flexibility index (Phi) is 3.64. The molecule has 0 amide bonds. The maximum Gasteiger partial charge on any atom is 0.332 e. The van der Waals surface area contributed by atoms with Crippen LogP contribution in [0.4, 0.5) is 0 Å². The topological polar surface area (TPSA) is 121 Å². The average molecular weight is 275 g/mol. The van der Waals surface area contributed by atoms with Crippen LogP contribution in [0.3, 0.4) is 0 Å². The number of nitrogens with zero attached hydrogens (tertiary/aromatic N) is 1. The molecule has 2 heterocycles. The average Bonchev–Trinajstić information content (AvgIpc) is 2.98. The van der Waals surface area contributed by atoms with E-state index in [0.717, 1.165) is 0 Å². The lowest BCUT2D eigenvalue weighted by molar-refractivity contribution is -0.149. The van der Waals surface area contributed by atoms with Gasteiger partial charge in [-0.25, -0.2) is 22.9 Å². The number of rotatable bonds is 5. The van der Waals surface area contributed by atoms with Gasteiger partial charge in [0.15, 0.2) is 11.1 Å². The molecule has 1 saturated heterocycles. The van der Waals surface area contributed by atoms with E-state index in [-0.39, 0.29) is 11.6 Å². The second-order valence-corrected chi connectivity index (χ2v) is 5.67. The van der Waals surface area contributed by atoms with Gasteiger partial charge >= 0.3 is 5.97 Å². The third-order valence-corrected chi connectivity index (χ3v) is 4.00. The molecule has 3 N–H and O–H groups in total. The first-order valence-corrected chi connectivity index (χ1v) is 6.83. The molecular formula is C9H13N3O5S. The van der Waals surface area contributed by atoms with Crippen LogP contribution in [0, 0.1) is 0 Å². The van der Waals surface area contributed by atoms with Crippen molar-refractivity contribution >= 4 is 16.0 Å². The molecule has 9 heteroatoms. The van der Waals surface area contributed by atoms with E-state index < -0.39 is 28.2 Å². The maximum absolute atomic E-state index is 11.7. The first kappa shape index (κ1) is 13.0. The van der Waals surface area contributed by atoms with Gasteiger partial charge in [-0.2, -0.15) is 0 Å². The minimum Gasteiger partial charge on any atom is -0.479 e. The number of aromatic nitrogens is 2. The zero-order chi connectivity index (χ0) is 13.2. The Hall–Kier alpha value is -1.45. The lowest BCUT2D eigenvalue weighted by Gasteiger charge is -2.11. The second kappa shape index (κ2) is 5.04. The van der Waals surface area contributed by atoms with Crippen LogP contribution in [0.2, 0.25) is 0 Å². The standard InChI is InChI=1S/C9H13N3O5S/c13-9(14)7-2-1-6(17-7)3-12-18(15,16)8-4-10-5-11-8/h4-7,12H,1-3H2,(H,10,11)(H,13,14). The highest BCUT2D eigenvalue weighted by Gasteiger charge is 2.31. The van der Waals surface area contributed by atoms with Crippen molar-refractivity contribution in [1.29, 1.82) is 0 Å². The second-order valence-electron chi connectivity index (χ2n) is 3.93. The zero-order valence-corrected chi connectivity index (χ0v) is 10.2. The van der Waals surface area contributed by atoms with Gasteiger partial charge in [0, 0.05) is 6.54 Å². The van der Waals surface area contributed by atoms with Gasteiger partial charge in [0.25, 0.3) is 10.0 Å². The van der Waals surface area contributed by atoms with Gasteiger partial charge in [0.1, 0.15) is 0 Å². The number of aliphatic carboxylic acids is 1. The molecular weight excluding hydrogens is 262 g/mol. The third kappa shape index (κ3) is 2.86. The summed E-state index contributed by atoms with van der Waals surface area (Å²) in [6, 6.07) is 0. The van der Waals surface area contributed by atoms with Crippen molar-refractivity contribution in [2.24, 2.45) is 0 Å². The number of carbonyl (C=O) groups is 1. The molecule has 0 radical (unpaired) electrons. The summed E-state index contributed by atoms with van der Waals surface area (Å²) in [6.07, 6.45) is 2.11. The number of ether oxygens (including phenoxy) is 1. The highest BCUT2D eigenvalue weighted by atomic mass is 32.2. The van der Waals surface area contributed by atoms with Crippen LogP contribution in [0.25, 0.3) is 0 Å². The number of hydrogen-bond acceptors (Lipinski definition) is 5. The summed E-state index contributed by atoms with van der Waals surface area (Å²) in [5.74, 6) is -1.02. The zero-order valence-electron chi connectivity index (χ0n) is 9.37. The first-order valence-electron chi connectivity index (χ1n) is 5.35. The van der Waals surface area contributed by atoms with Crippen LogP contribution in [0.5, 0.6) is 0 Å². The molecule has 0 aromatic carbocycles. The number of carboxylic acids is 1. The molecule has 8 nitrogen and oxygen atoms in total. The molecule has 2 atom stereocenters. The maximum atomic E-state index is 11.7. The molecule has 0 aliphatic carbocycles. The molecule has 1 fully saturated rings. The molecule has 0 bridgehead atoms. The van der Waals surface area contributed by atoms with E-state index in [1.54, 1.807) is 0 Å². The largest absolute Gasteiger partial charge is 0.479 e. The van der Waals surface area contributed by atoms with Crippen LogP contribution in [0.1, 0.15) is 12.8 Å². The molecule has 18 heavy (non-hydrogen) atoms. The monoisotopic (exact) mass is 275 g/mol.